The van der Waals surface area contributed by atoms with Crippen LogP contribution in [0, 0.1) is 0 Å². The van der Waals surface area contributed by atoms with Gasteiger partial charge in [-0.3, -0.25) is 0 Å². The van der Waals surface area contributed by atoms with Crippen LogP contribution < -0.4 is 11.1 Å². The highest BCUT2D eigenvalue weighted by molar-refractivity contribution is 5.65. The first-order chi connectivity index (χ1) is 9.56. The molecule has 1 aromatic rings. The molecule has 0 aliphatic rings. The number of benzene rings is 1. The molecule has 1 amide bonds. The number of hydrogen-bond acceptors (Lipinski definition) is 3. The van der Waals surface area contributed by atoms with E-state index in [1.807, 2.05) is 25.1 Å². The van der Waals surface area contributed by atoms with Crippen LogP contribution in [0.4, 0.5) is 4.79 Å². The van der Waals surface area contributed by atoms with Gasteiger partial charge in [-0.1, -0.05) is 50.1 Å². The topological polar surface area (TPSA) is 64.3 Å². The first-order valence-corrected chi connectivity index (χ1v) is 7.29. The highest BCUT2D eigenvalue weighted by Gasteiger charge is 2.27. The van der Waals surface area contributed by atoms with Crippen molar-refractivity contribution in [3.8, 4) is 0 Å². The summed E-state index contributed by atoms with van der Waals surface area (Å²) in [5, 5.41) is 3.34. The monoisotopic (exact) mass is 278 g/mol. The van der Waals surface area contributed by atoms with Crippen LogP contribution in [0.15, 0.2) is 30.3 Å². The number of carbonyl (C=O) groups is 1. The maximum absolute atomic E-state index is 11.1. The van der Waals surface area contributed by atoms with Crippen molar-refractivity contribution in [2.75, 3.05) is 6.54 Å². The molecule has 112 valence electrons. The molecule has 4 heteroatoms. The number of hydrogen-bond donors (Lipinski definition) is 2. The van der Waals surface area contributed by atoms with Gasteiger partial charge in [-0.2, -0.15) is 0 Å². The lowest BCUT2D eigenvalue weighted by atomic mass is 9.98. The van der Waals surface area contributed by atoms with E-state index in [2.05, 4.69) is 24.4 Å². The Labute approximate surface area is 121 Å². The van der Waals surface area contributed by atoms with Gasteiger partial charge in [0.1, 0.15) is 5.60 Å². The predicted octanol–water partition coefficient (Wildman–Crippen LogP) is 3.21. The van der Waals surface area contributed by atoms with Gasteiger partial charge in [0.05, 0.1) is 0 Å². The number of nitrogens with two attached hydrogens (primary N) is 1. The van der Waals surface area contributed by atoms with E-state index in [1.165, 1.54) is 5.56 Å². The maximum Gasteiger partial charge on any atom is 0.405 e. The zero-order chi connectivity index (χ0) is 14.8. The number of ether oxygens (including phenoxy) is 1. The van der Waals surface area contributed by atoms with Gasteiger partial charge in [0.2, 0.25) is 0 Å². The van der Waals surface area contributed by atoms with E-state index in [-0.39, 0.29) is 0 Å². The normalized spacial score (nSPS) is 13.7. The Hall–Kier alpha value is -1.55. The van der Waals surface area contributed by atoms with Gasteiger partial charge in [0.15, 0.2) is 0 Å². The van der Waals surface area contributed by atoms with Gasteiger partial charge >= 0.3 is 6.09 Å². The fourth-order valence-electron chi connectivity index (χ4n) is 2.23. The maximum atomic E-state index is 11.1. The van der Waals surface area contributed by atoms with Gasteiger partial charge in [-0.05, 0) is 25.3 Å². The Kier molecular flexibility index (Phi) is 7.09. The molecular formula is C16H26N2O2. The van der Waals surface area contributed by atoms with Crippen molar-refractivity contribution in [1.29, 1.82) is 0 Å². The van der Waals surface area contributed by atoms with E-state index in [0.29, 0.717) is 6.54 Å². The molecule has 0 saturated carbocycles. The fourth-order valence-corrected chi connectivity index (χ4v) is 2.23. The summed E-state index contributed by atoms with van der Waals surface area (Å²) in [7, 11) is 0. The van der Waals surface area contributed by atoms with Crippen LogP contribution in [-0.4, -0.2) is 18.2 Å². The highest BCUT2D eigenvalue weighted by atomic mass is 16.6. The molecular weight excluding hydrogens is 252 g/mol. The zero-order valence-electron chi connectivity index (χ0n) is 12.5. The van der Waals surface area contributed by atoms with E-state index in [0.717, 1.165) is 32.2 Å². The lowest BCUT2D eigenvalue weighted by molar-refractivity contribution is 0.0226. The molecule has 0 saturated heterocycles. The lowest BCUT2D eigenvalue weighted by Crippen LogP contribution is -2.43. The highest BCUT2D eigenvalue weighted by Crippen LogP contribution is 2.19. The molecule has 0 aliphatic heterocycles. The molecule has 0 radical (unpaired) electrons. The Balaban J connectivity index is 2.44. The summed E-state index contributed by atoms with van der Waals surface area (Å²) in [6, 6.07) is 10.1. The Morgan fingerprint density at radius 1 is 1.30 bits per heavy atom. The van der Waals surface area contributed by atoms with Crippen molar-refractivity contribution in [3.05, 3.63) is 35.9 Å². The molecule has 0 unspecified atom stereocenters. The standard InChI is InChI=1S/C16H26N2O2/c1-3-4-8-11-16(2,20-15(17)19)13-18-12-14-9-6-5-7-10-14/h5-7,9-10,18H,3-4,8,11-13H2,1-2H3,(H2,17,19)/t16-/m1/s1. The molecule has 1 aromatic carbocycles. The average Bonchev–Trinajstić information content (AvgIpc) is 2.39. The molecule has 4 nitrogen and oxygen atoms in total. The molecule has 0 heterocycles. The molecule has 0 bridgehead atoms. The largest absolute Gasteiger partial charge is 0.442 e. The van der Waals surface area contributed by atoms with Gasteiger partial charge in [-0.15, -0.1) is 0 Å². The molecule has 0 aliphatic carbocycles. The van der Waals surface area contributed by atoms with Crippen molar-refractivity contribution >= 4 is 6.09 Å². The number of amides is 1. The summed E-state index contributed by atoms with van der Waals surface area (Å²) in [4.78, 5) is 11.1. The smallest absolute Gasteiger partial charge is 0.405 e. The van der Waals surface area contributed by atoms with Crippen LogP contribution in [0.25, 0.3) is 0 Å². The van der Waals surface area contributed by atoms with Gasteiger partial charge in [0.25, 0.3) is 0 Å². The number of primary amides is 1. The van der Waals surface area contributed by atoms with E-state index in [1.54, 1.807) is 0 Å². The van der Waals surface area contributed by atoms with E-state index in [9.17, 15) is 4.79 Å². The third kappa shape index (κ3) is 6.57. The van der Waals surface area contributed by atoms with Crippen LogP contribution >= 0.6 is 0 Å². The van der Waals surface area contributed by atoms with Crippen LogP contribution in [0.2, 0.25) is 0 Å². The SMILES string of the molecule is CCCCC[C@](C)(CNCc1ccccc1)OC(N)=O. The van der Waals surface area contributed by atoms with E-state index >= 15 is 0 Å². The third-order valence-corrected chi connectivity index (χ3v) is 3.33. The number of carbonyl (C=O) groups excluding carboxylic acids is 1. The van der Waals surface area contributed by atoms with Gasteiger partial charge in [-0.25, -0.2) is 4.79 Å². The van der Waals surface area contributed by atoms with Crippen molar-refractivity contribution < 1.29 is 9.53 Å². The van der Waals surface area contributed by atoms with Crippen molar-refractivity contribution in [3.63, 3.8) is 0 Å². The summed E-state index contributed by atoms with van der Waals surface area (Å²) < 4.78 is 5.30. The zero-order valence-corrected chi connectivity index (χ0v) is 12.5. The van der Waals surface area contributed by atoms with E-state index in [4.69, 9.17) is 10.5 Å². The first kappa shape index (κ1) is 16.5. The predicted molar refractivity (Wildman–Crippen MR) is 81.4 cm³/mol. The van der Waals surface area contributed by atoms with Crippen LogP contribution in [-0.2, 0) is 11.3 Å². The summed E-state index contributed by atoms with van der Waals surface area (Å²) in [5.41, 5.74) is 5.86. The second-order valence-corrected chi connectivity index (χ2v) is 5.42. The molecule has 0 fully saturated rings. The summed E-state index contributed by atoms with van der Waals surface area (Å²) in [5.74, 6) is 0. The van der Waals surface area contributed by atoms with Crippen molar-refractivity contribution in [1.82, 2.24) is 5.32 Å². The minimum Gasteiger partial charge on any atom is -0.442 e. The molecule has 3 N–H and O–H groups in total. The van der Waals surface area contributed by atoms with Gasteiger partial charge in [0, 0.05) is 13.1 Å². The molecule has 20 heavy (non-hydrogen) atoms. The molecule has 1 atom stereocenters. The first-order valence-electron chi connectivity index (χ1n) is 7.29. The second-order valence-electron chi connectivity index (χ2n) is 5.42. The van der Waals surface area contributed by atoms with Crippen molar-refractivity contribution in [2.24, 2.45) is 5.73 Å². The Bertz CT molecular complexity index is 395. The van der Waals surface area contributed by atoms with Crippen molar-refractivity contribution in [2.45, 2.75) is 51.7 Å². The minimum atomic E-state index is -0.703. The summed E-state index contributed by atoms with van der Waals surface area (Å²) in [6.45, 7) is 5.45. The second kappa shape index (κ2) is 8.59. The summed E-state index contributed by atoms with van der Waals surface area (Å²) in [6.07, 6.45) is 3.44. The van der Waals surface area contributed by atoms with Gasteiger partial charge < -0.3 is 15.8 Å². The Morgan fingerprint density at radius 3 is 2.60 bits per heavy atom. The number of unbranched alkanes of at least 4 members (excludes halogenated alkanes) is 2. The molecule has 0 aromatic heterocycles. The fraction of sp³-hybridized carbons (Fsp3) is 0.562. The lowest BCUT2D eigenvalue weighted by Gasteiger charge is -2.29. The number of rotatable bonds is 9. The van der Waals surface area contributed by atoms with Crippen LogP contribution in [0.5, 0.6) is 0 Å². The summed E-state index contributed by atoms with van der Waals surface area (Å²) >= 11 is 0. The average molecular weight is 278 g/mol. The quantitative estimate of drug-likeness (QED) is 0.682. The third-order valence-electron chi connectivity index (χ3n) is 3.33. The Morgan fingerprint density at radius 2 is 2.00 bits per heavy atom. The molecule has 0 spiro atoms. The van der Waals surface area contributed by atoms with E-state index < -0.39 is 11.7 Å². The van der Waals surface area contributed by atoms with Crippen LogP contribution in [0.3, 0.4) is 0 Å². The molecule has 1 rings (SSSR count). The minimum absolute atomic E-state index is 0.532. The number of nitrogens with one attached hydrogen (secondary N) is 1. The van der Waals surface area contributed by atoms with Crippen LogP contribution in [0.1, 0.15) is 45.1 Å².